The summed E-state index contributed by atoms with van der Waals surface area (Å²) in [5.74, 6) is 1.27. The molecule has 1 fully saturated rings. The molecule has 2 N–H and O–H groups in total. The molecule has 0 spiro atoms. The van der Waals surface area contributed by atoms with Gasteiger partial charge in [-0.25, -0.2) is 4.98 Å². The van der Waals surface area contributed by atoms with Gasteiger partial charge in [0.05, 0.1) is 16.1 Å². The fraction of sp³-hybridized carbons (Fsp3) is 0.500. The number of nitrogens with zero attached hydrogens (tertiary/aromatic N) is 4. The highest BCUT2D eigenvalue weighted by Gasteiger charge is 2.43. The van der Waals surface area contributed by atoms with Gasteiger partial charge in [-0.05, 0) is 88.1 Å². The average molecular weight is 457 g/mol. The highest BCUT2D eigenvalue weighted by atomic mass is 79.9. The highest BCUT2D eigenvalue weighted by Crippen LogP contribution is 2.38. The Morgan fingerprint density at radius 3 is 2.48 bits per heavy atom. The molecule has 2 heterocycles. The molecule has 29 heavy (non-hydrogen) atoms. The van der Waals surface area contributed by atoms with Gasteiger partial charge in [0, 0.05) is 29.0 Å². The van der Waals surface area contributed by atoms with Gasteiger partial charge in [0.15, 0.2) is 0 Å². The van der Waals surface area contributed by atoms with Crippen LogP contribution in [-0.4, -0.2) is 39.0 Å². The number of likely N-dealkylation sites (tertiary alicyclic amines) is 1. The van der Waals surface area contributed by atoms with Crippen LogP contribution in [0.4, 0.5) is 17.5 Å². The standard InChI is InChI=1S/C22H29BrN6/c1-14-7-8-16(9-15(14)12-24)27-20-25-13-18(23)19(28-20)26-17-10-21(2,3)29(6)22(4,5)11-17/h7-9,13,17H,10-11H2,1-6H3,(H2,25,26,27,28). The van der Waals surface area contributed by atoms with Gasteiger partial charge in [-0.1, -0.05) is 6.07 Å². The van der Waals surface area contributed by atoms with Crippen molar-refractivity contribution in [3.8, 4) is 6.07 Å². The maximum absolute atomic E-state index is 9.25. The Morgan fingerprint density at radius 1 is 1.21 bits per heavy atom. The Kier molecular flexibility index (Phi) is 5.88. The molecule has 2 aromatic rings. The van der Waals surface area contributed by atoms with Crippen LogP contribution < -0.4 is 10.6 Å². The zero-order chi connectivity index (χ0) is 21.4. The summed E-state index contributed by atoms with van der Waals surface area (Å²) in [6.07, 6.45) is 3.80. The number of nitrogens with one attached hydrogen (secondary N) is 2. The van der Waals surface area contributed by atoms with Crippen LogP contribution in [0.1, 0.15) is 51.7 Å². The number of benzene rings is 1. The molecule has 1 aromatic heterocycles. The van der Waals surface area contributed by atoms with Crippen molar-refractivity contribution in [1.29, 1.82) is 5.26 Å². The van der Waals surface area contributed by atoms with Crippen molar-refractivity contribution in [1.82, 2.24) is 14.9 Å². The lowest BCUT2D eigenvalue weighted by Gasteiger charge is -2.53. The lowest BCUT2D eigenvalue weighted by atomic mass is 9.77. The Hall–Kier alpha value is -2.17. The second kappa shape index (κ2) is 7.92. The van der Waals surface area contributed by atoms with Gasteiger partial charge >= 0.3 is 0 Å². The second-order valence-corrected chi connectivity index (χ2v) is 9.94. The number of aryl methyl sites for hydroxylation is 1. The summed E-state index contributed by atoms with van der Waals surface area (Å²) in [4.78, 5) is 11.5. The number of rotatable bonds is 4. The monoisotopic (exact) mass is 456 g/mol. The first-order valence-corrected chi connectivity index (χ1v) is 10.6. The molecule has 0 amide bonds. The highest BCUT2D eigenvalue weighted by molar-refractivity contribution is 9.10. The first kappa shape index (κ1) is 21.5. The fourth-order valence-corrected chi connectivity index (χ4v) is 4.45. The lowest BCUT2D eigenvalue weighted by molar-refractivity contribution is -0.00773. The third-order valence-electron chi connectivity index (χ3n) is 6.01. The molecule has 1 aliphatic heterocycles. The van der Waals surface area contributed by atoms with Gasteiger partial charge in [0.1, 0.15) is 5.82 Å². The second-order valence-electron chi connectivity index (χ2n) is 9.09. The molecule has 0 atom stereocenters. The van der Waals surface area contributed by atoms with Crippen LogP contribution >= 0.6 is 15.9 Å². The van der Waals surface area contributed by atoms with Crippen molar-refractivity contribution >= 4 is 33.4 Å². The number of hydrogen-bond donors (Lipinski definition) is 2. The van der Waals surface area contributed by atoms with E-state index in [0.29, 0.717) is 17.6 Å². The Labute approximate surface area is 181 Å². The molecule has 0 aliphatic carbocycles. The molecule has 6 nitrogen and oxygen atoms in total. The first-order chi connectivity index (χ1) is 13.5. The number of halogens is 1. The number of nitriles is 1. The van der Waals surface area contributed by atoms with E-state index >= 15 is 0 Å². The van der Waals surface area contributed by atoms with Crippen molar-refractivity contribution in [3.63, 3.8) is 0 Å². The van der Waals surface area contributed by atoms with E-state index in [0.717, 1.165) is 34.4 Å². The van der Waals surface area contributed by atoms with E-state index in [9.17, 15) is 5.26 Å². The van der Waals surface area contributed by atoms with E-state index in [-0.39, 0.29) is 11.1 Å². The largest absolute Gasteiger partial charge is 0.366 e. The van der Waals surface area contributed by atoms with Crippen LogP contribution in [0, 0.1) is 18.3 Å². The zero-order valence-corrected chi connectivity index (χ0v) is 19.6. The Balaban J connectivity index is 1.80. The molecule has 0 bridgehead atoms. The quantitative estimate of drug-likeness (QED) is 0.655. The van der Waals surface area contributed by atoms with Crippen LogP contribution in [0.3, 0.4) is 0 Å². The minimum absolute atomic E-state index is 0.0929. The summed E-state index contributed by atoms with van der Waals surface area (Å²) in [5, 5.41) is 16.1. The average Bonchev–Trinajstić information content (AvgIpc) is 2.63. The van der Waals surface area contributed by atoms with Crippen LogP contribution in [0.5, 0.6) is 0 Å². The van der Waals surface area contributed by atoms with E-state index in [2.05, 4.69) is 82.2 Å². The third-order valence-corrected chi connectivity index (χ3v) is 6.59. The predicted octanol–water partition coefficient (Wildman–Crippen LogP) is 5.23. The summed E-state index contributed by atoms with van der Waals surface area (Å²) < 4.78 is 0.833. The maximum Gasteiger partial charge on any atom is 0.229 e. The topological polar surface area (TPSA) is 76.9 Å². The van der Waals surface area contributed by atoms with Crippen LogP contribution in [0.25, 0.3) is 0 Å². The molecular formula is C22H29BrN6. The van der Waals surface area contributed by atoms with E-state index in [4.69, 9.17) is 0 Å². The number of anilines is 3. The normalized spacial score (nSPS) is 18.8. The van der Waals surface area contributed by atoms with E-state index in [1.54, 1.807) is 6.20 Å². The lowest BCUT2D eigenvalue weighted by Crippen LogP contribution is -2.61. The van der Waals surface area contributed by atoms with Gasteiger partial charge in [0.2, 0.25) is 5.95 Å². The molecule has 0 saturated carbocycles. The minimum Gasteiger partial charge on any atom is -0.366 e. The Morgan fingerprint density at radius 2 is 1.86 bits per heavy atom. The molecule has 1 aliphatic rings. The predicted molar refractivity (Wildman–Crippen MR) is 121 cm³/mol. The third kappa shape index (κ3) is 4.71. The van der Waals surface area contributed by atoms with E-state index < -0.39 is 0 Å². The van der Waals surface area contributed by atoms with E-state index in [1.807, 2.05) is 25.1 Å². The SMILES string of the molecule is Cc1ccc(Nc2ncc(Br)c(NC3CC(C)(C)N(C)C(C)(C)C3)n2)cc1C#N. The molecule has 1 aromatic carbocycles. The van der Waals surface area contributed by atoms with Gasteiger partial charge in [-0.3, -0.25) is 4.90 Å². The van der Waals surface area contributed by atoms with Gasteiger partial charge in [-0.15, -0.1) is 0 Å². The molecular weight excluding hydrogens is 428 g/mol. The Bertz CT molecular complexity index is 929. The van der Waals surface area contributed by atoms with Crippen LogP contribution in [-0.2, 0) is 0 Å². The summed E-state index contributed by atoms with van der Waals surface area (Å²) in [6, 6.07) is 8.18. The summed E-state index contributed by atoms with van der Waals surface area (Å²) >= 11 is 3.58. The summed E-state index contributed by atoms with van der Waals surface area (Å²) in [6.45, 7) is 11.1. The zero-order valence-electron chi connectivity index (χ0n) is 18.0. The van der Waals surface area contributed by atoms with Gasteiger partial charge < -0.3 is 10.6 Å². The summed E-state index contributed by atoms with van der Waals surface area (Å²) in [7, 11) is 2.20. The van der Waals surface area contributed by atoms with Crippen LogP contribution in [0.2, 0.25) is 0 Å². The first-order valence-electron chi connectivity index (χ1n) is 9.83. The number of aromatic nitrogens is 2. The van der Waals surface area contributed by atoms with Crippen molar-refractivity contribution < 1.29 is 0 Å². The van der Waals surface area contributed by atoms with E-state index in [1.165, 1.54) is 0 Å². The number of hydrogen-bond acceptors (Lipinski definition) is 6. The maximum atomic E-state index is 9.25. The molecule has 1 saturated heterocycles. The fourth-order valence-electron chi connectivity index (χ4n) is 4.14. The molecule has 0 unspecified atom stereocenters. The molecule has 0 radical (unpaired) electrons. The van der Waals surface area contributed by atoms with Gasteiger partial charge in [-0.2, -0.15) is 10.2 Å². The molecule has 154 valence electrons. The van der Waals surface area contributed by atoms with Crippen molar-refractivity contribution in [3.05, 3.63) is 40.0 Å². The van der Waals surface area contributed by atoms with Crippen molar-refractivity contribution in [2.45, 2.75) is 64.6 Å². The van der Waals surface area contributed by atoms with Crippen LogP contribution in [0.15, 0.2) is 28.9 Å². The van der Waals surface area contributed by atoms with Gasteiger partial charge in [0.25, 0.3) is 0 Å². The van der Waals surface area contributed by atoms with Crippen molar-refractivity contribution in [2.24, 2.45) is 0 Å². The smallest absolute Gasteiger partial charge is 0.229 e. The minimum atomic E-state index is 0.0929. The van der Waals surface area contributed by atoms with Crippen molar-refractivity contribution in [2.75, 3.05) is 17.7 Å². The molecule has 3 rings (SSSR count). The number of piperidine rings is 1. The summed E-state index contributed by atoms with van der Waals surface area (Å²) in [5.41, 5.74) is 2.57. The molecule has 7 heteroatoms.